The molecule has 18 heavy (non-hydrogen) atoms. The lowest BCUT2D eigenvalue weighted by Crippen LogP contribution is -2.47. The van der Waals surface area contributed by atoms with Crippen molar-refractivity contribution in [2.24, 2.45) is 0 Å². The molecule has 1 amide bonds. The molecule has 0 N–H and O–H groups in total. The summed E-state index contributed by atoms with van der Waals surface area (Å²) < 4.78 is 0. The first-order valence-electron chi connectivity index (χ1n) is 7.34. The van der Waals surface area contributed by atoms with E-state index in [2.05, 4.69) is 4.90 Å². The number of hydrogen-bond donors (Lipinski definition) is 0. The van der Waals surface area contributed by atoms with E-state index in [1.807, 2.05) is 18.7 Å². The van der Waals surface area contributed by atoms with E-state index in [1.165, 1.54) is 32.4 Å². The van der Waals surface area contributed by atoms with Gasteiger partial charge in [0.25, 0.3) is 0 Å². The van der Waals surface area contributed by atoms with Crippen molar-refractivity contribution >= 4 is 5.91 Å². The molecule has 2 aliphatic heterocycles. The van der Waals surface area contributed by atoms with E-state index in [0.29, 0.717) is 0 Å². The molecule has 0 aromatic carbocycles. The van der Waals surface area contributed by atoms with Gasteiger partial charge in [-0.1, -0.05) is 12.0 Å². The van der Waals surface area contributed by atoms with Gasteiger partial charge < -0.3 is 9.80 Å². The number of nitrogens with zero attached hydrogens (tertiary/aromatic N) is 2. The quantitative estimate of drug-likeness (QED) is 0.703. The van der Waals surface area contributed by atoms with Gasteiger partial charge in [-0.25, -0.2) is 0 Å². The molecule has 3 heteroatoms. The fraction of sp³-hybridized carbons (Fsp3) is 0.800. The molecule has 0 spiro atoms. The topological polar surface area (TPSA) is 23.6 Å². The third-order valence-electron chi connectivity index (χ3n) is 4.10. The molecule has 3 nitrogen and oxygen atoms in total. The van der Waals surface area contributed by atoms with E-state index in [0.717, 1.165) is 37.5 Å². The van der Waals surface area contributed by atoms with Crippen LogP contribution in [0.3, 0.4) is 0 Å². The zero-order valence-corrected chi connectivity index (χ0v) is 11.8. The minimum atomic E-state index is 0.201. The van der Waals surface area contributed by atoms with Crippen LogP contribution in [0.1, 0.15) is 46.0 Å². The van der Waals surface area contributed by atoms with E-state index in [-0.39, 0.29) is 5.91 Å². The van der Waals surface area contributed by atoms with E-state index >= 15 is 0 Å². The van der Waals surface area contributed by atoms with Crippen LogP contribution in [-0.4, -0.2) is 47.9 Å². The average Bonchev–Trinajstić information content (AvgIpc) is 2.39. The van der Waals surface area contributed by atoms with Gasteiger partial charge in [0.05, 0.1) is 0 Å². The lowest BCUT2D eigenvalue weighted by Gasteiger charge is -2.40. The molecule has 2 rings (SSSR count). The minimum Gasteiger partial charge on any atom is -0.339 e. The molecule has 2 aliphatic rings. The second kappa shape index (κ2) is 6.37. The zero-order valence-electron chi connectivity index (χ0n) is 11.8. The molecule has 102 valence electrons. The van der Waals surface area contributed by atoms with Crippen LogP contribution in [0.15, 0.2) is 11.6 Å². The second-order valence-electron chi connectivity index (χ2n) is 5.87. The maximum absolute atomic E-state index is 11.9. The summed E-state index contributed by atoms with van der Waals surface area (Å²) in [6, 6.07) is 0.723. The van der Waals surface area contributed by atoms with Gasteiger partial charge in [-0.3, -0.25) is 4.79 Å². The van der Waals surface area contributed by atoms with Gasteiger partial charge in [0.2, 0.25) is 5.91 Å². The highest BCUT2D eigenvalue weighted by Gasteiger charge is 2.26. The summed E-state index contributed by atoms with van der Waals surface area (Å²) in [6.07, 6.45) is 8.19. The molecule has 0 aliphatic carbocycles. The standard InChI is InChI=1S/C15H26N2O/c1-13(2)12-15(18)17-10-6-14(7-11-17)16-8-4-3-5-9-16/h12,14H,3-11H2,1-2H3. The van der Waals surface area contributed by atoms with Crippen molar-refractivity contribution in [3.05, 3.63) is 11.6 Å². The van der Waals surface area contributed by atoms with Gasteiger partial charge in [0.15, 0.2) is 0 Å². The number of rotatable bonds is 2. The third kappa shape index (κ3) is 3.58. The van der Waals surface area contributed by atoms with Crippen molar-refractivity contribution in [2.75, 3.05) is 26.2 Å². The van der Waals surface area contributed by atoms with Gasteiger partial charge >= 0.3 is 0 Å². The Hall–Kier alpha value is -0.830. The van der Waals surface area contributed by atoms with Crippen LogP contribution in [0.25, 0.3) is 0 Å². The highest BCUT2D eigenvalue weighted by molar-refractivity contribution is 5.88. The van der Waals surface area contributed by atoms with Crippen LogP contribution in [0.5, 0.6) is 0 Å². The van der Waals surface area contributed by atoms with Crippen molar-refractivity contribution in [3.8, 4) is 0 Å². The first-order valence-corrected chi connectivity index (χ1v) is 7.34. The maximum Gasteiger partial charge on any atom is 0.246 e. The molecular weight excluding hydrogens is 224 g/mol. The predicted octanol–water partition coefficient (Wildman–Crippen LogP) is 2.43. The Morgan fingerprint density at radius 2 is 1.61 bits per heavy atom. The number of carbonyl (C=O) groups is 1. The normalized spacial score (nSPS) is 22.9. The maximum atomic E-state index is 11.9. The van der Waals surface area contributed by atoms with E-state index in [4.69, 9.17) is 0 Å². The molecule has 0 radical (unpaired) electrons. The summed E-state index contributed by atoms with van der Waals surface area (Å²) in [5.74, 6) is 0.201. The molecule has 0 unspecified atom stereocenters. The smallest absolute Gasteiger partial charge is 0.246 e. The molecule has 0 aromatic heterocycles. The fourth-order valence-electron chi connectivity index (χ4n) is 3.07. The Morgan fingerprint density at radius 1 is 1.00 bits per heavy atom. The van der Waals surface area contributed by atoms with Crippen LogP contribution in [0, 0.1) is 0 Å². The van der Waals surface area contributed by atoms with Crippen LogP contribution < -0.4 is 0 Å². The molecule has 0 aromatic rings. The Kier molecular flexibility index (Phi) is 4.81. The molecule has 2 saturated heterocycles. The van der Waals surface area contributed by atoms with Crippen molar-refractivity contribution in [1.29, 1.82) is 0 Å². The van der Waals surface area contributed by atoms with Gasteiger partial charge in [-0.05, 0) is 52.6 Å². The highest BCUT2D eigenvalue weighted by Crippen LogP contribution is 2.21. The second-order valence-corrected chi connectivity index (χ2v) is 5.87. The average molecular weight is 250 g/mol. The monoisotopic (exact) mass is 250 g/mol. The van der Waals surface area contributed by atoms with Crippen molar-refractivity contribution in [1.82, 2.24) is 9.80 Å². The van der Waals surface area contributed by atoms with Gasteiger partial charge in [-0.2, -0.15) is 0 Å². The van der Waals surface area contributed by atoms with Crippen molar-refractivity contribution < 1.29 is 4.79 Å². The Labute approximate surface area is 111 Å². The number of amides is 1. The Balaban J connectivity index is 1.80. The van der Waals surface area contributed by atoms with Crippen LogP contribution in [-0.2, 0) is 4.79 Å². The predicted molar refractivity (Wildman–Crippen MR) is 74.5 cm³/mol. The molecule has 2 fully saturated rings. The number of piperidine rings is 2. The number of allylic oxidation sites excluding steroid dienone is 1. The van der Waals surface area contributed by atoms with Crippen molar-refractivity contribution in [3.63, 3.8) is 0 Å². The van der Waals surface area contributed by atoms with Crippen LogP contribution in [0.2, 0.25) is 0 Å². The summed E-state index contributed by atoms with van der Waals surface area (Å²) in [7, 11) is 0. The molecule has 0 atom stereocenters. The minimum absolute atomic E-state index is 0.201. The van der Waals surface area contributed by atoms with Gasteiger partial charge in [0.1, 0.15) is 0 Å². The molecular formula is C15H26N2O. The SMILES string of the molecule is CC(C)=CC(=O)N1CCC(N2CCCCC2)CC1. The zero-order chi connectivity index (χ0) is 13.0. The first-order chi connectivity index (χ1) is 8.66. The summed E-state index contributed by atoms with van der Waals surface area (Å²) >= 11 is 0. The third-order valence-corrected chi connectivity index (χ3v) is 4.10. The Morgan fingerprint density at radius 3 is 2.17 bits per heavy atom. The molecule has 0 saturated carbocycles. The summed E-state index contributed by atoms with van der Waals surface area (Å²) in [4.78, 5) is 16.6. The summed E-state index contributed by atoms with van der Waals surface area (Å²) in [5.41, 5.74) is 1.10. The lowest BCUT2D eigenvalue weighted by atomic mass is 10.00. The number of hydrogen-bond acceptors (Lipinski definition) is 2. The fourth-order valence-corrected chi connectivity index (χ4v) is 3.07. The van der Waals surface area contributed by atoms with E-state index in [9.17, 15) is 4.79 Å². The Bertz CT molecular complexity index is 306. The highest BCUT2D eigenvalue weighted by atomic mass is 16.2. The largest absolute Gasteiger partial charge is 0.339 e. The molecule has 2 heterocycles. The van der Waals surface area contributed by atoms with Gasteiger partial charge in [-0.15, -0.1) is 0 Å². The van der Waals surface area contributed by atoms with Gasteiger partial charge in [0, 0.05) is 25.2 Å². The number of likely N-dealkylation sites (tertiary alicyclic amines) is 2. The van der Waals surface area contributed by atoms with Crippen molar-refractivity contribution in [2.45, 2.75) is 52.0 Å². The lowest BCUT2D eigenvalue weighted by molar-refractivity contribution is -0.127. The summed E-state index contributed by atoms with van der Waals surface area (Å²) in [6.45, 7) is 8.38. The van der Waals surface area contributed by atoms with E-state index in [1.54, 1.807) is 6.08 Å². The van der Waals surface area contributed by atoms with E-state index < -0.39 is 0 Å². The number of carbonyl (C=O) groups excluding carboxylic acids is 1. The summed E-state index contributed by atoms with van der Waals surface area (Å²) in [5, 5.41) is 0. The molecule has 0 bridgehead atoms. The van der Waals surface area contributed by atoms with Crippen LogP contribution in [0.4, 0.5) is 0 Å². The van der Waals surface area contributed by atoms with Crippen LogP contribution >= 0.6 is 0 Å². The first kappa shape index (κ1) is 13.6.